The van der Waals surface area contributed by atoms with Gasteiger partial charge in [-0.1, -0.05) is 35.0 Å². The molecule has 0 saturated carbocycles. The molecule has 1 aromatic heterocycles. The summed E-state index contributed by atoms with van der Waals surface area (Å²) < 4.78 is 5.42. The van der Waals surface area contributed by atoms with E-state index in [1.807, 2.05) is 23.9 Å². The number of aromatic nitrogens is 2. The first-order valence-electron chi connectivity index (χ1n) is 7.47. The van der Waals surface area contributed by atoms with Crippen LogP contribution in [0.3, 0.4) is 0 Å². The summed E-state index contributed by atoms with van der Waals surface area (Å²) in [7, 11) is 0. The van der Waals surface area contributed by atoms with Crippen LogP contribution in [0, 0.1) is 6.92 Å². The van der Waals surface area contributed by atoms with Crippen LogP contribution in [0.2, 0.25) is 0 Å². The average Bonchev–Trinajstić information content (AvgIpc) is 2.99. The molecule has 0 radical (unpaired) electrons. The summed E-state index contributed by atoms with van der Waals surface area (Å²) in [6.45, 7) is 4.16. The van der Waals surface area contributed by atoms with Crippen molar-refractivity contribution in [3.05, 3.63) is 35.7 Å². The number of hydrogen-bond acceptors (Lipinski definition) is 5. The number of aryl methyl sites for hydroxylation is 1. The maximum absolute atomic E-state index is 5.42. The number of benzene rings is 1. The van der Waals surface area contributed by atoms with Gasteiger partial charge < -0.3 is 9.84 Å². The van der Waals surface area contributed by atoms with Crippen molar-refractivity contribution in [3.63, 3.8) is 0 Å². The van der Waals surface area contributed by atoms with E-state index in [0.29, 0.717) is 17.8 Å². The molecular formula is C16H21N3OS. The fourth-order valence-electron chi connectivity index (χ4n) is 2.52. The Bertz CT molecular complexity index is 575. The fraction of sp³-hybridized carbons (Fsp3) is 0.500. The van der Waals surface area contributed by atoms with Gasteiger partial charge in [-0.15, -0.1) is 0 Å². The molecule has 1 atom stereocenters. The van der Waals surface area contributed by atoms with Crippen LogP contribution < -0.4 is 5.32 Å². The zero-order valence-corrected chi connectivity index (χ0v) is 13.3. The Morgan fingerprint density at radius 1 is 1.24 bits per heavy atom. The molecule has 1 aromatic carbocycles. The number of rotatable bonds is 4. The summed E-state index contributed by atoms with van der Waals surface area (Å²) in [6, 6.07) is 8.85. The van der Waals surface area contributed by atoms with Crippen LogP contribution in [0.1, 0.15) is 37.3 Å². The lowest BCUT2D eigenvalue weighted by Gasteiger charge is -2.24. The van der Waals surface area contributed by atoms with Crippen molar-refractivity contribution < 1.29 is 4.52 Å². The summed E-state index contributed by atoms with van der Waals surface area (Å²) in [5.74, 6) is 3.81. The molecule has 3 rings (SSSR count). The molecule has 1 aliphatic heterocycles. The molecule has 1 fully saturated rings. The molecule has 1 N–H and O–H groups in total. The third kappa shape index (κ3) is 3.66. The summed E-state index contributed by atoms with van der Waals surface area (Å²) in [6.07, 6.45) is 2.43. The van der Waals surface area contributed by atoms with Crippen molar-refractivity contribution in [1.29, 1.82) is 0 Å². The highest BCUT2D eigenvalue weighted by atomic mass is 32.2. The molecule has 4 nitrogen and oxygen atoms in total. The third-order valence-electron chi connectivity index (χ3n) is 3.83. The Morgan fingerprint density at radius 2 is 1.95 bits per heavy atom. The van der Waals surface area contributed by atoms with Crippen molar-refractivity contribution in [2.24, 2.45) is 0 Å². The quantitative estimate of drug-likeness (QED) is 0.935. The molecule has 0 bridgehead atoms. The Hall–Kier alpha value is -1.33. The Morgan fingerprint density at radius 3 is 2.67 bits per heavy atom. The second kappa shape index (κ2) is 6.62. The van der Waals surface area contributed by atoms with Crippen molar-refractivity contribution in [2.75, 3.05) is 11.5 Å². The maximum atomic E-state index is 5.42. The largest absolute Gasteiger partial charge is 0.337 e. The topological polar surface area (TPSA) is 51.0 Å². The van der Waals surface area contributed by atoms with E-state index in [9.17, 15) is 0 Å². The number of thioether (sulfide) groups is 1. The van der Waals surface area contributed by atoms with Crippen molar-refractivity contribution >= 4 is 11.8 Å². The lowest BCUT2D eigenvalue weighted by atomic mass is 10.1. The van der Waals surface area contributed by atoms with E-state index in [4.69, 9.17) is 4.52 Å². The minimum absolute atomic E-state index is 0.102. The van der Waals surface area contributed by atoms with E-state index < -0.39 is 0 Å². The van der Waals surface area contributed by atoms with Gasteiger partial charge in [-0.2, -0.15) is 16.7 Å². The zero-order chi connectivity index (χ0) is 14.7. The number of nitrogens with zero attached hydrogens (tertiary/aromatic N) is 2. The van der Waals surface area contributed by atoms with Crippen LogP contribution >= 0.6 is 11.8 Å². The predicted octanol–water partition coefficient (Wildman–Crippen LogP) is 3.59. The lowest BCUT2D eigenvalue weighted by molar-refractivity contribution is 0.317. The highest BCUT2D eigenvalue weighted by Crippen LogP contribution is 2.22. The van der Waals surface area contributed by atoms with Gasteiger partial charge in [0.15, 0.2) is 0 Å². The molecular weight excluding hydrogens is 282 g/mol. The normalized spacial score (nSPS) is 17.8. The van der Waals surface area contributed by atoms with Gasteiger partial charge in [-0.25, -0.2) is 0 Å². The van der Waals surface area contributed by atoms with E-state index in [2.05, 4.69) is 41.4 Å². The first kappa shape index (κ1) is 14.6. The first-order chi connectivity index (χ1) is 10.2. The Labute approximate surface area is 129 Å². The lowest BCUT2D eigenvalue weighted by Crippen LogP contribution is -2.34. The minimum Gasteiger partial charge on any atom is -0.337 e. The van der Waals surface area contributed by atoms with E-state index in [0.717, 1.165) is 5.56 Å². The van der Waals surface area contributed by atoms with E-state index >= 15 is 0 Å². The van der Waals surface area contributed by atoms with Crippen molar-refractivity contribution in [2.45, 2.75) is 38.8 Å². The second-order valence-corrected chi connectivity index (χ2v) is 6.82. The Kier molecular flexibility index (Phi) is 4.60. The average molecular weight is 303 g/mol. The van der Waals surface area contributed by atoms with Gasteiger partial charge in [-0.05, 0) is 38.2 Å². The highest BCUT2D eigenvalue weighted by Gasteiger charge is 2.20. The summed E-state index contributed by atoms with van der Waals surface area (Å²) >= 11 is 2.03. The zero-order valence-electron chi connectivity index (χ0n) is 12.5. The Balaban J connectivity index is 1.67. The van der Waals surface area contributed by atoms with Gasteiger partial charge in [0.05, 0.1) is 6.04 Å². The van der Waals surface area contributed by atoms with Crippen LogP contribution in [-0.2, 0) is 0 Å². The van der Waals surface area contributed by atoms with Gasteiger partial charge in [0.2, 0.25) is 11.7 Å². The summed E-state index contributed by atoms with van der Waals surface area (Å²) in [5.41, 5.74) is 2.23. The summed E-state index contributed by atoms with van der Waals surface area (Å²) in [5, 5.41) is 7.70. The molecule has 2 aromatic rings. The van der Waals surface area contributed by atoms with E-state index in [-0.39, 0.29) is 6.04 Å². The number of nitrogens with one attached hydrogen (secondary N) is 1. The predicted molar refractivity (Wildman–Crippen MR) is 86.4 cm³/mol. The van der Waals surface area contributed by atoms with Crippen LogP contribution in [0.4, 0.5) is 0 Å². The molecule has 0 aliphatic carbocycles. The molecule has 1 aliphatic rings. The summed E-state index contributed by atoms with van der Waals surface area (Å²) in [4.78, 5) is 4.53. The maximum Gasteiger partial charge on any atom is 0.243 e. The van der Waals surface area contributed by atoms with Gasteiger partial charge >= 0.3 is 0 Å². The van der Waals surface area contributed by atoms with Gasteiger partial charge in [-0.3, -0.25) is 0 Å². The molecule has 0 unspecified atom stereocenters. The van der Waals surface area contributed by atoms with Gasteiger partial charge in [0.1, 0.15) is 0 Å². The van der Waals surface area contributed by atoms with Gasteiger partial charge in [0, 0.05) is 11.6 Å². The van der Waals surface area contributed by atoms with Crippen molar-refractivity contribution in [1.82, 2.24) is 15.5 Å². The van der Waals surface area contributed by atoms with Crippen LogP contribution in [0.15, 0.2) is 28.8 Å². The van der Waals surface area contributed by atoms with Gasteiger partial charge in [0.25, 0.3) is 0 Å². The SMILES string of the molecule is Cc1ccc(-c2noc([C@H](C)NC3CCSCC3)n2)cc1. The smallest absolute Gasteiger partial charge is 0.243 e. The third-order valence-corrected chi connectivity index (χ3v) is 4.88. The highest BCUT2D eigenvalue weighted by molar-refractivity contribution is 7.99. The van der Waals surface area contributed by atoms with Crippen LogP contribution in [0.5, 0.6) is 0 Å². The second-order valence-electron chi connectivity index (χ2n) is 5.60. The van der Waals surface area contributed by atoms with Crippen LogP contribution in [-0.4, -0.2) is 27.7 Å². The molecule has 112 valence electrons. The molecule has 1 saturated heterocycles. The van der Waals surface area contributed by atoms with E-state index in [1.54, 1.807) is 0 Å². The fourth-order valence-corrected chi connectivity index (χ4v) is 3.63. The molecule has 21 heavy (non-hydrogen) atoms. The van der Waals surface area contributed by atoms with Crippen molar-refractivity contribution in [3.8, 4) is 11.4 Å². The molecule has 0 spiro atoms. The monoisotopic (exact) mass is 303 g/mol. The molecule has 0 amide bonds. The minimum atomic E-state index is 0.102. The number of hydrogen-bond donors (Lipinski definition) is 1. The standard InChI is InChI=1S/C16H21N3OS/c1-11-3-5-13(6-4-11)15-18-16(20-19-15)12(2)17-14-7-9-21-10-8-14/h3-6,12,14,17H,7-10H2,1-2H3/t12-/m0/s1. The first-order valence-corrected chi connectivity index (χ1v) is 8.62. The molecule has 5 heteroatoms. The van der Waals surface area contributed by atoms with Crippen LogP contribution in [0.25, 0.3) is 11.4 Å². The van der Waals surface area contributed by atoms with E-state index in [1.165, 1.54) is 29.9 Å². The molecule has 2 heterocycles.